The quantitative estimate of drug-likeness (QED) is 0.780. The van der Waals surface area contributed by atoms with Gasteiger partial charge in [0.25, 0.3) is 5.91 Å². The van der Waals surface area contributed by atoms with Crippen molar-refractivity contribution in [1.29, 1.82) is 0 Å². The molecule has 0 radical (unpaired) electrons. The Morgan fingerprint density at radius 2 is 2.08 bits per heavy atom. The molecule has 1 aromatic heterocycles. The van der Waals surface area contributed by atoms with Gasteiger partial charge in [-0.1, -0.05) is 0 Å². The van der Waals surface area contributed by atoms with Gasteiger partial charge in [-0.05, 0) is 25.7 Å². The van der Waals surface area contributed by atoms with E-state index in [1.807, 2.05) is 4.90 Å². The molecule has 3 rings (SSSR count). The number of amides is 2. The van der Waals surface area contributed by atoms with Crippen LogP contribution in [0.25, 0.3) is 0 Å². The molecule has 2 aliphatic heterocycles. The Hall–Kier alpha value is -2.02. The molecule has 7 heteroatoms. The van der Waals surface area contributed by atoms with E-state index in [4.69, 9.17) is 4.74 Å². The zero-order chi connectivity index (χ0) is 16.8. The standard InChI is InChI=1S/C17H24N4O3/c22-16(20-8-1-2-9-20)5-10-21(13-14-4-3-11-24-14)17(23)15-12-18-6-7-19-15/h6-7,12,14H,1-5,8-11,13H2/t14-/m0/s1. The molecular formula is C17H24N4O3. The van der Waals surface area contributed by atoms with Gasteiger partial charge in [-0.2, -0.15) is 0 Å². The van der Waals surface area contributed by atoms with Crippen LogP contribution in [0.4, 0.5) is 0 Å². The van der Waals surface area contributed by atoms with Crippen molar-refractivity contribution in [1.82, 2.24) is 19.8 Å². The van der Waals surface area contributed by atoms with Gasteiger partial charge in [0.15, 0.2) is 0 Å². The number of hydrogen-bond donors (Lipinski definition) is 0. The lowest BCUT2D eigenvalue weighted by molar-refractivity contribution is -0.130. The lowest BCUT2D eigenvalue weighted by Gasteiger charge is -2.26. The van der Waals surface area contributed by atoms with Crippen molar-refractivity contribution in [3.63, 3.8) is 0 Å². The second-order valence-electron chi connectivity index (χ2n) is 6.31. The van der Waals surface area contributed by atoms with E-state index in [2.05, 4.69) is 9.97 Å². The molecule has 7 nitrogen and oxygen atoms in total. The third kappa shape index (κ3) is 4.29. The Balaban J connectivity index is 1.62. The van der Waals surface area contributed by atoms with Crippen LogP contribution in [0.1, 0.15) is 42.6 Å². The first-order valence-corrected chi connectivity index (χ1v) is 8.69. The summed E-state index contributed by atoms with van der Waals surface area (Å²) >= 11 is 0. The molecule has 2 amide bonds. The minimum absolute atomic E-state index is 0.0486. The molecule has 0 aromatic carbocycles. The van der Waals surface area contributed by atoms with E-state index >= 15 is 0 Å². The molecule has 24 heavy (non-hydrogen) atoms. The van der Waals surface area contributed by atoms with Gasteiger partial charge in [0.2, 0.25) is 5.91 Å². The average Bonchev–Trinajstić information content (AvgIpc) is 3.32. The van der Waals surface area contributed by atoms with Crippen molar-refractivity contribution in [2.45, 2.75) is 38.2 Å². The topological polar surface area (TPSA) is 75.6 Å². The molecule has 0 aliphatic carbocycles. The predicted octanol–water partition coefficient (Wildman–Crippen LogP) is 1.11. The highest BCUT2D eigenvalue weighted by Gasteiger charge is 2.26. The number of carbonyl (C=O) groups is 2. The number of nitrogens with zero attached hydrogens (tertiary/aromatic N) is 4. The highest BCUT2D eigenvalue weighted by Crippen LogP contribution is 2.16. The number of carbonyl (C=O) groups excluding carboxylic acids is 2. The third-order valence-electron chi connectivity index (χ3n) is 4.57. The third-order valence-corrected chi connectivity index (χ3v) is 4.57. The van der Waals surface area contributed by atoms with Crippen LogP contribution in [0, 0.1) is 0 Å². The Kier molecular flexibility index (Phi) is 5.74. The maximum atomic E-state index is 12.7. The average molecular weight is 332 g/mol. The van der Waals surface area contributed by atoms with E-state index in [0.717, 1.165) is 45.4 Å². The predicted molar refractivity (Wildman–Crippen MR) is 87.3 cm³/mol. The summed E-state index contributed by atoms with van der Waals surface area (Å²) in [6.45, 7) is 3.31. The summed E-state index contributed by atoms with van der Waals surface area (Å²) in [5, 5.41) is 0. The summed E-state index contributed by atoms with van der Waals surface area (Å²) in [6.07, 6.45) is 9.02. The van der Waals surface area contributed by atoms with E-state index in [9.17, 15) is 9.59 Å². The summed E-state index contributed by atoms with van der Waals surface area (Å²) in [7, 11) is 0. The fourth-order valence-corrected chi connectivity index (χ4v) is 3.24. The van der Waals surface area contributed by atoms with Gasteiger partial charge >= 0.3 is 0 Å². The molecule has 130 valence electrons. The molecule has 2 aliphatic rings. The minimum atomic E-state index is -0.187. The number of aromatic nitrogens is 2. The second kappa shape index (κ2) is 8.19. The van der Waals surface area contributed by atoms with Gasteiger partial charge < -0.3 is 14.5 Å². The first-order chi connectivity index (χ1) is 11.7. The molecular weight excluding hydrogens is 308 g/mol. The van der Waals surface area contributed by atoms with Crippen molar-refractivity contribution in [2.75, 3.05) is 32.8 Å². The van der Waals surface area contributed by atoms with Crippen molar-refractivity contribution in [3.8, 4) is 0 Å². The lowest BCUT2D eigenvalue weighted by atomic mass is 10.2. The molecule has 0 saturated carbocycles. The van der Waals surface area contributed by atoms with Gasteiger partial charge in [0.05, 0.1) is 12.3 Å². The van der Waals surface area contributed by atoms with Crippen molar-refractivity contribution in [3.05, 3.63) is 24.3 Å². The Bertz CT molecular complexity index is 554. The van der Waals surface area contributed by atoms with Gasteiger partial charge in [0, 0.05) is 51.6 Å². The second-order valence-corrected chi connectivity index (χ2v) is 6.31. The van der Waals surface area contributed by atoms with E-state index in [-0.39, 0.29) is 17.9 Å². The fraction of sp³-hybridized carbons (Fsp3) is 0.647. The maximum absolute atomic E-state index is 12.7. The largest absolute Gasteiger partial charge is 0.376 e. The van der Waals surface area contributed by atoms with Crippen LogP contribution in [0.2, 0.25) is 0 Å². The van der Waals surface area contributed by atoms with Gasteiger partial charge in [-0.15, -0.1) is 0 Å². The summed E-state index contributed by atoms with van der Waals surface area (Å²) in [4.78, 5) is 36.6. The van der Waals surface area contributed by atoms with Crippen molar-refractivity contribution < 1.29 is 14.3 Å². The Morgan fingerprint density at radius 3 is 2.75 bits per heavy atom. The first kappa shape index (κ1) is 16.8. The maximum Gasteiger partial charge on any atom is 0.274 e. The van der Waals surface area contributed by atoms with Crippen LogP contribution in [0.15, 0.2) is 18.6 Å². The Labute approximate surface area is 142 Å². The van der Waals surface area contributed by atoms with Gasteiger partial charge in [-0.25, -0.2) is 4.98 Å². The lowest BCUT2D eigenvalue weighted by Crippen LogP contribution is -2.40. The number of rotatable bonds is 6. The van der Waals surface area contributed by atoms with Crippen molar-refractivity contribution in [2.24, 2.45) is 0 Å². The van der Waals surface area contributed by atoms with E-state index < -0.39 is 0 Å². The SMILES string of the molecule is O=C(CCN(C[C@@H]1CCCO1)C(=O)c1cnccn1)N1CCCC1. The van der Waals surface area contributed by atoms with E-state index in [0.29, 0.717) is 25.2 Å². The molecule has 2 saturated heterocycles. The van der Waals surface area contributed by atoms with Crippen LogP contribution < -0.4 is 0 Å². The van der Waals surface area contributed by atoms with Gasteiger partial charge in [-0.3, -0.25) is 14.6 Å². The Morgan fingerprint density at radius 1 is 1.25 bits per heavy atom. The smallest absolute Gasteiger partial charge is 0.274 e. The summed E-state index contributed by atoms with van der Waals surface area (Å²) in [5.41, 5.74) is 0.309. The summed E-state index contributed by atoms with van der Waals surface area (Å²) < 4.78 is 5.65. The molecule has 2 fully saturated rings. The number of hydrogen-bond acceptors (Lipinski definition) is 5. The van der Waals surface area contributed by atoms with Crippen molar-refractivity contribution >= 4 is 11.8 Å². The van der Waals surface area contributed by atoms with Crippen LogP contribution in [0.3, 0.4) is 0 Å². The molecule has 0 N–H and O–H groups in total. The molecule has 0 unspecified atom stereocenters. The van der Waals surface area contributed by atoms with Crippen LogP contribution >= 0.6 is 0 Å². The molecule has 3 heterocycles. The summed E-state index contributed by atoms with van der Waals surface area (Å²) in [5.74, 6) is -0.0652. The van der Waals surface area contributed by atoms with Crippen LogP contribution in [-0.4, -0.2) is 70.5 Å². The summed E-state index contributed by atoms with van der Waals surface area (Å²) in [6, 6.07) is 0. The fourth-order valence-electron chi connectivity index (χ4n) is 3.24. The van der Waals surface area contributed by atoms with Crippen LogP contribution in [-0.2, 0) is 9.53 Å². The number of likely N-dealkylation sites (tertiary alicyclic amines) is 1. The highest BCUT2D eigenvalue weighted by molar-refractivity contribution is 5.92. The minimum Gasteiger partial charge on any atom is -0.376 e. The molecule has 0 bridgehead atoms. The molecule has 1 atom stereocenters. The molecule has 1 aromatic rings. The molecule has 0 spiro atoms. The first-order valence-electron chi connectivity index (χ1n) is 8.69. The van der Waals surface area contributed by atoms with E-state index in [1.165, 1.54) is 18.6 Å². The normalized spacial score (nSPS) is 20.3. The monoisotopic (exact) mass is 332 g/mol. The zero-order valence-electron chi connectivity index (χ0n) is 13.9. The highest BCUT2D eigenvalue weighted by atomic mass is 16.5. The van der Waals surface area contributed by atoms with Crippen LogP contribution in [0.5, 0.6) is 0 Å². The van der Waals surface area contributed by atoms with E-state index in [1.54, 1.807) is 4.90 Å². The van der Waals surface area contributed by atoms with Gasteiger partial charge in [0.1, 0.15) is 5.69 Å². The number of ether oxygens (including phenoxy) is 1. The zero-order valence-corrected chi connectivity index (χ0v) is 13.9.